The summed E-state index contributed by atoms with van der Waals surface area (Å²) in [5, 5.41) is 11.7. The zero-order valence-corrected chi connectivity index (χ0v) is 18.4. The first kappa shape index (κ1) is 21.6. The smallest absolute Gasteiger partial charge is 0.191 e. The second kappa shape index (κ2) is 8.87. The van der Waals surface area contributed by atoms with E-state index in [0.29, 0.717) is 22.7 Å². The van der Waals surface area contributed by atoms with Crippen LogP contribution >= 0.6 is 23.4 Å². The molecule has 0 amide bonds. The number of ether oxygens (including phenoxy) is 3. The second-order valence-electron chi connectivity index (χ2n) is 7.54. The van der Waals surface area contributed by atoms with Gasteiger partial charge in [-0.2, -0.15) is 0 Å². The van der Waals surface area contributed by atoms with Crippen LogP contribution in [0.3, 0.4) is 0 Å². The minimum absolute atomic E-state index is 0.0689. The molecule has 2 fully saturated rings. The minimum Gasteiger partial charge on any atom is -0.372 e. The highest BCUT2D eigenvalue weighted by Gasteiger charge is 2.56. The molecule has 2 aromatic heterocycles. The van der Waals surface area contributed by atoms with E-state index in [0.717, 1.165) is 12.2 Å². The van der Waals surface area contributed by atoms with Crippen molar-refractivity contribution in [3.8, 4) is 0 Å². The van der Waals surface area contributed by atoms with Crippen LogP contribution in [0.1, 0.15) is 39.7 Å². The Morgan fingerprint density at radius 2 is 2.10 bits per heavy atom. The van der Waals surface area contributed by atoms with E-state index in [1.807, 2.05) is 13.8 Å². The van der Waals surface area contributed by atoms with E-state index in [2.05, 4.69) is 37.4 Å². The predicted octanol–water partition coefficient (Wildman–Crippen LogP) is 2.92. The molecule has 3 heterocycles. The van der Waals surface area contributed by atoms with Crippen molar-refractivity contribution < 1.29 is 19.0 Å². The van der Waals surface area contributed by atoms with Crippen molar-refractivity contribution in [3.05, 3.63) is 10.1 Å². The zero-order chi connectivity index (χ0) is 21.3. The lowest BCUT2D eigenvalue weighted by Gasteiger charge is -2.23. The van der Waals surface area contributed by atoms with Crippen LogP contribution in [0.15, 0.2) is 10.5 Å². The van der Waals surface area contributed by atoms with E-state index in [-0.39, 0.29) is 42.7 Å². The maximum absolute atomic E-state index is 10.1. The van der Waals surface area contributed by atoms with Crippen LogP contribution in [0.4, 0.5) is 0 Å². The molecule has 1 aliphatic heterocycles. The Morgan fingerprint density at radius 1 is 1.30 bits per heavy atom. The molecule has 2 aromatic rings. The zero-order valence-electron chi connectivity index (χ0n) is 16.9. The third-order valence-electron chi connectivity index (χ3n) is 4.95. The number of thioether (sulfide) groups is 1. The van der Waals surface area contributed by atoms with Gasteiger partial charge in [-0.05, 0) is 20.3 Å². The molecular formula is C17H23ClN6O5S. The monoisotopic (exact) mass is 458 g/mol. The van der Waals surface area contributed by atoms with Crippen LogP contribution in [0.2, 0.25) is 5.15 Å². The summed E-state index contributed by atoms with van der Waals surface area (Å²) in [5.74, 6) is 0.123. The SMILES string of the molecule is CCCSc1nc(Cl)c2nnn([C@@H]3C[C@H](OCCON=O)[C@H]4OC(C)(C)O[C@H]43)c2n1. The third-order valence-corrected chi connectivity index (χ3v) is 6.27. The highest BCUT2D eigenvalue weighted by atomic mass is 35.5. The predicted molar refractivity (Wildman–Crippen MR) is 108 cm³/mol. The highest BCUT2D eigenvalue weighted by molar-refractivity contribution is 7.99. The molecule has 2 aliphatic rings. The van der Waals surface area contributed by atoms with Crippen LogP contribution in [-0.4, -0.2) is 68.0 Å². The molecule has 30 heavy (non-hydrogen) atoms. The van der Waals surface area contributed by atoms with E-state index < -0.39 is 5.79 Å². The first-order chi connectivity index (χ1) is 14.4. The van der Waals surface area contributed by atoms with Gasteiger partial charge in [0.2, 0.25) is 0 Å². The van der Waals surface area contributed by atoms with Gasteiger partial charge in [-0.3, -0.25) is 0 Å². The van der Waals surface area contributed by atoms with Crippen molar-refractivity contribution in [2.75, 3.05) is 19.0 Å². The van der Waals surface area contributed by atoms with E-state index in [4.69, 9.17) is 25.8 Å². The van der Waals surface area contributed by atoms with Gasteiger partial charge in [-0.15, -0.1) is 10.0 Å². The summed E-state index contributed by atoms with van der Waals surface area (Å²) in [4.78, 5) is 23.5. The molecule has 1 aliphatic carbocycles. The number of rotatable bonds is 9. The molecule has 13 heteroatoms. The fraction of sp³-hybridized carbons (Fsp3) is 0.765. The molecule has 4 rings (SSSR count). The first-order valence-electron chi connectivity index (χ1n) is 9.76. The first-order valence-corrected chi connectivity index (χ1v) is 11.1. The molecule has 0 unspecified atom stereocenters. The Labute approximate surface area is 182 Å². The largest absolute Gasteiger partial charge is 0.372 e. The summed E-state index contributed by atoms with van der Waals surface area (Å²) in [6.45, 7) is 6.08. The summed E-state index contributed by atoms with van der Waals surface area (Å²) in [7, 11) is 0. The van der Waals surface area contributed by atoms with Gasteiger partial charge in [0.25, 0.3) is 0 Å². The van der Waals surface area contributed by atoms with E-state index in [1.165, 1.54) is 11.8 Å². The van der Waals surface area contributed by atoms with Gasteiger partial charge in [0.1, 0.15) is 18.8 Å². The lowest BCUT2D eigenvalue weighted by Crippen LogP contribution is -2.31. The summed E-state index contributed by atoms with van der Waals surface area (Å²) in [6.07, 6.45) is 0.677. The molecule has 164 valence electrons. The Bertz CT molecular complexity index is 914. The van der Waals surface area contributed by atoms with Crippen LogP contribution in [0.25, 0.3) is 11.2 Å². The van der Waals surface area contributed by atoms with E-state index in [9.17, 15) is 4.91 Å². The topological polar surface area (TPSA) is 123 Å². The Morgan fingerprint density at radius 3 is 2.87 bits per heavy atom. The van der Waals surface area contributed by atoms with Gasteiger partial charge in [0.05, 0.1) is 18.8 Å². The van der Waals surface area contributed by atoms with Gasteiger partial charge < -0.3 is 19.0 Å². The number of hydrogen-bond acceptors (Lipinski definition) is 11. The van der Waals surface area contributed by atoms with Gasteiger partial charge in [-0.1, -0.05) is 35.5 Å². The van der Waals surface area contributed by atoms with Crippen LogP contribution < -0.4 is 0 Å². The van der Waals surface area contributed by atoms with Gasteiger partial charge in [0, 0.05) is 12.2 Å². The average Bonchev–Trinajstić information content (AvgIpc) is 3.35. The van der Waals surface area contributed by atoms with Gasteiger partial charge >= 0.3 is 0 Å². The Balaban J connectivity index is 1.62. The fourth-order valence-electron chi connectivity index (χ4n) is 3.84. The average molecular weight is 459 g/mol. The van der Waals surface area contributed by atoms with E-state index in [1.54, 1.807) is 4.68 Å². The standard InChI is InChI=1S/C17H23ClN6O5S/c1-4-7-30-16-19-14(18)11-15(20-16)24(22-21-11)9-8-10(26-5-6-27-23-25)13-12(9)28-17(2,3)29-13/h9-10,12-13H,4-8H2,1-3H3/t9-,10+,12+,13-/m1/s1. The lowest BCUT2D eigenvalue weighted by molar-refractivity contribution is -0.171. The molecule has 0 radical (unpaired) electrons. The number of nitrogens with zero attached hydrogens (tertiary/aromatic N) is 6. The van der Waals surface area contributed by atoms with Crippen molar-refractivity contribution in [3.63, 3.8) is 0 Å². The normalized spacial score (nSPS) is 27.5. The molecule has 0 spiro atoms. The summed E-state index contributed by atoms with van der Waals surface area (Å²) < 4.78 is 19.9. The van der Waals surface area contributed by atoms with E-state index >= 15 is 0 Å². The highest BCUT2D eigenvalue weighted by Crippen LogP contribution is 2.45. The van der Waals surface area contributed by atoms with Crippen molar-refractivity contribution in [2.24, 2.45) is 5.34 Å². The molecule has 4 atom stereocenters. The maximum Gasteiger partial charge on any atom is 0.191 e. The molecule has 11 nitrogen and oxygen atoms in total. The summed E-state index contributed by atoms with van der Waals surface area (Å²) in [5.41, 5.74) is 1.00. The third kappa shape index (κ3) is 4.24. The lowest BCUT2D eigenvalue weighted by atomic mass is 10.2. The molecule has 0 bridgehead atoms. The maximum atomic E-state index is 10.1. The molecular weight excluding hydrogens is 436 g/mol. The quantitative estimate of drug-likeness (QED) is 0.138. The Kier molecular flexibility index (Phi) is 6.39. The molecule has 1 saturated heterocycles. The molecule has 1 saturated carbocycles. The van der Waals surface area contributed by atoms with Crippen LogP contribution in [0, 0.1) is 4.91 Å². The molecule has 0 N–H and O–H groups in total. The number of fused-ring (bicyclic) bond motifs is 2. The van der Waals surface area contributed by atoms with Crippen LogP contribution in [0.5, 0.6) is 0 Å². The van der Waals surface area contributed by atoms with Gasteiger partial charge in [0.15, 0.2) is 32.6 Å². The number of aromatic nitrogens is 5. The van der Waals surface area contributed by atoms with Gasteiger partial charge in [-0.25, -0.2) is 14.6 Å². The number of halogens is 1. The fourth-order valence-corrected chi connectivity index (χ4v) is 4.79. The molecule has 0 aromatic carbocycles. The van der Waals surface area contributed by atoms with Crippen molar-refractivity contribution in [1.29, 1.82) is 0 Å². The summed E-state index contributed by atoms with van der Waals surface area (Å²) in [6, 6.07) is -0.216. The second-order valence-corrected chi connectivity index (χ2v) is 8.96. The van der Waals surface area contributed by atoms with Crippen LogP contribution in [-0.2, 0) is 19.0 Å². The minimum atomic E-state index is -0.762. The van der Waals surface area contributed by atoms with Crippen molar-refractivity contribution in [2.45, 2.75) is 68.9 Å². The van der Waals surface area contributed by atoms with Crippen molar-refractivity contribution >= 4 is 34.5 Å². The Hall–Kier alpha value is -1.60. The van der Waals surface area contributed by atoms with Crippen molar-refractivity contribution in [1.82, 2.24) is 25.0 Å². The number of hydrogen-bond donors (Lipinski definition) is 0. The summed E-state index contributed by atoms with van der Waals surface area (Å²) >= 11 is 7.87.